The van der Waals surface area contributed by atoms with E-state index >= 15 is 0 Å². The zero-order valence-corrected chi connectivity index (χ0v) is 12.9. The van der Waals surface area contributed by atoms with Crippen LogP contribution in [0.15, 0.2) is 11.6 Å². The summed E-state index contributed by atoms with van der Waals surface area (Å²) in [5, 5.41) is 8.04. The van der Waals surface area contributed by atoms with Crippen LogP contribution in [0.2, 0.25) is 0 Å². The molecule has 7 heteroatoms. The van der Waals surface area contributed by atoms with E-state index in [0.717, 1.165) is 13.1 Å². The molecule has 0 radical (unpaired) electrons. The van der Waals surface area contributed by atoms with Crippen LogP contribution in [0.3, 0.4) is 0 Å². The number of carbonyl (C=O) groups excluding carboxylic acids is 1. The highest BCUT2D eigenvalue weighted by Gasteiger charge is 2.25. The Morgan fingerprint density at radius 1 is 1.55 bits per heavy atom. The van der Waals surface area contributed by atoms with Crippen molar-refractivity contribution in [2.24, 2.45) is 0 Å². The van der Waals surface area contributed by atoms with E-state index in [0.29, 0.717) is 11.7 Å². The Morgan fingerprint density at radius 3 is 2.85 bits per heavy atom. The highest BCUT2D eigenvalue weighted by Crippen LogP contribution is 2.13. The van der Waals surface area contributed by atoms with Crippen molar-refractivity contribution < 1.29 is 9.53 Å². The van der Waals surface area contributed by atoms with Gasteiger partial charge in [0.1, 0.15) is 0 Å². The van der Waals surface area contributed by atoms with Crippen LogP contribution in [0, 0.1) is 0 Å². The van der Waals surface area contributed by atoms with Gasteiger partial charge in [-0.05, 0) is 20.8 Å². The molecule has 6 nitrogen and oxygen atoms in total. The molecule has 2 amide bonds. The second-order valence-corrected chi connectivity index (χ2v) is 6.13. The number of rotatable bonds is 4. The van der Waals surface area contributed by atoms with Gasteiger partial charge in [0, 0.05) is 37.3 Å². The molecule has 1 fully saturated rings. The van der Waals surface area contributed by atoms with Gasteiger partial charge in [-0.15, -0.1) is 11.3 Å². The Balaban J connectivity index is 1.74. The lowest BCUT2D eigenvalue weighted by molar-refractivity contribution is -0.0777. The number of ether oxygens (including phenoxy) is 1. The lowest BCUT2D eigenvalue weighted by Crippen LogP contribution is -2.52. The van der Waals surface area contributed by atoms with Crippen molar-refractivity contribution in [3.8, 4) is 0 Å². The van der Waals surface area contributed by atoms with Gasteiger partial charge in [-0.3, -0.25) is 10.2 Å². The molecule has 3 atom stereocenters. The number of aromatic nitrogens is 1. The predicted octanol–water partition coefficient (Wildman–Crippen LogP) is 1.76. The van der Waals surface area contributed by atoms with Crippen LogP contribution in [0.4, 0.5) is 9.93 Å². The first-order valence-electron chi connectivity index (χ1n) is 6.88. The number of hydrogen-bond donors (Lipinski definition) is 2. The summed E-state index contributed by atoms with van der Waals surface area (Å²) in [4.78, 5) is 18.1. The number of nitrogens with one attached hydrogen (secondary N) is 2. The third-order valence-electron chi connectivity index (χ3n) is 3.28. The molecule has 2 N–H and O–H groups in total. The van der Waals surface area contributed by atoms with Crippen molar-refractivity contribution in [3.05, 3.63) is 11.6 Å². The molecule has 2 heterocycles. The average molecular weight is 298 g/mol. The van der Waals surface area contributed by atoms with Gasteiger partial charge in [0.25, 0.3) is 0 Å². The highest BCUT2D eigenvalue weighted by atomic mass is 32.1. The SMILES string of the molecule is C[C@@H]1CN([C@@H](C)CNC(=O)Nc2nccs2)C[C@H](C)O1. The standard InChI is InChI=1S/C13H22N4O2S/c1-9(17-7-10(2)19-11(3)8-17)6-15-12(18)16-13-14-4-5-20-13/h4-5,9-11H,6-8H2,1-3H3,(H2,14,15,16,18)/t9-,10-,11+/m0/s1. The Bertz CT molecular complexity index is 416. The maximum absolute atomic E-state index is 11.7. The number of hydrogen-bond acceptors (Lipinski definition) is 5. The third kappa shape index (κ3) is 4.43. The first-order valence-corrected chi connectivity index (χ1v) is 7.76. The van der Waals surface area contributed by atoms with Crippen LogP contribution in [-0.4, -0.2) is 53.8 Å². The van der Waals surface area contributed by atoms with Crippen molar-refractivity contribution in [3.63, 3.8) is 0 Å². The molecule has 20 heavy (non-hydrogen) atoms. The third-order valence-corrected chi connectivity index (χ3v) is 3.97. The van der Waals surface area contributed by atoms with Gasteiger partial charge in [0.05, 0.1) is 12.2 Å². The second-order valence-electron chi connectivity index (χ2n) is 5.23. The Hall–Kier alpha value is -1.18. The molecule has 0 spiro atoms. The van der Waals surface area contributed by atoms with Crippen LogP contribution in [0.5, 0.6) is 0 Å². The predicted molar refractivity (Wildman–Crippen MR) is 80.2 cm³/mol. The van der Waals surface area contributed by atoms with Gasteiger partial charge in [-0.1, -0.05) is 0 Å². The van der Waals surface area contributed by atoms with Gasteiger partial charge in [-0.25, -0.2) is 9.78 Å². The maximum atomic E-state index is 11.7. The summed E-state index contributed by atoms with van der Waals surface area (Å²) in [5.74, 6) is 0. The molecular weight excluding hydrogens is 276 g/mol. The van der Waals surface area contributed by atoms with E-state index in [-0.39, 0.29) is 24.3 Å². The lowest BCUT2D eigenvalue weighted by Gasteiger charge is -2.38. The van der Waals surface area contributed by atoms with Gasteiger partial charge < -0.3 is 10.1 Å². The van der Waals surface area contributed by atoms with E-state index in [2.05, 4.69) is 41.3 Å². The van der Waals surface area contributed by atoms with Crippen LogP contribution < -0.4 is 10.6 Å². The largest absolute Gasteiger partial charge is 0.373 e. The van der Waals surface area contributed by atoms with Crippen molar-refractivity contribution in [2.75, 3.05) is 25.0 Å². The summed E-state index contributed by atoms with van der Waals surface area (Å²) in [6.45, 7) is 8.70. The van der Waals surface area contributed by atoms with E-state index in [1.54, 1.807) is 6.20 Å². The molecule has 0 aliphatic carbocycles. The van der Waals surface area contributed by atoms with Crippen molar-refractivity contribution in [1.29, 1.82) is 0 Å². The molecular formula is C13H22N4O2S. The number of amides is 2. The molecule has 1 aromatic rings. The molecule has 0 bridgehead atoms. The van der Waals surface area contributed by atoms with Crippen LogP contribution in [-0.2, 0) is 4.74 Å². The van der Waals surface area contributed by atoms with Gasteiger partial charge in [0.2, 0.25) is 0 Å². The maximum Gasteiger partial charge on any atom is 0.321 e. The van der Waals surface area contributed by atoms with E-state index < -0.39 is 0 Å². The number of anilines is 1. The Kier molecular flexibility index (Phi) is 5.33. The average Bonchev–Trinajstić information content (AvgIpc) is 2.87. The molecule has 0 saturated carbocycles. The fourth-order valence-corrected chi connectivity index (χ4v) is 2.90. The number of nitrogens with zero attached hydrogens (tertiary/aromatic N) is 2. The summed E-state index contributed by atoms with van der Waals surface area (Å²) in [6.07, 6.45) is 2.15. The van der Waals surface area contributed by atoms with Gasteiger partial charge in [-0.2, -0.15) is 0 Å². The molecule has 1 aliphatic rings. The molecule has 1 saturated heterocycles. The second kappa shape index (κ2) is 7.01. The number of carbonyl (C=O) groups is 1. The zero-order valence-electron chi connectivity index (χ0n) is 12.1. The Labute approximate surface area is 123 Å². The topological polar surface area (TPSA) is 66.5 Å². The molecule has 0 aromatic carbocycles. The number of morpholine rings is 1. The van der Waals surface area contributed by atoms with E-state index in [1.807, 2.05) is 5.38 Å². The normalized spacial score (nSPS) is 25.1. The molecule has 1 aliphatic heterocycles. The fraction of sp³-hybridized carbons (Fsp3) is 0.692. The van der Waals surface area contributed by atoms with Gasteiger partial charge in [0.15, 0.2) is 5.13 Å². The lowest BCUT2D eigenvalue weighted by atomic mass is 10.2. The minimum absolute atomic E-state index is 0.207. The van der Waals surface area contributed by atoms with Gasteiger partial charge >= 0.3 is 6.03 Å². The van der Waals surface area contributed by atoms with E-state index in [9.17, 15) is 4.79 Å². The number of urea groups is 1. The highest BCUT2D eigenvalue weighted by molar-refractivity contribution is 7.13. The molecule has 112 valence electrons. The van der Waals surface area contributed by atoms with Crippen LogP contribution in [0.1, 0.15) is 20.8 Å². The smallest absolute Gasteiger partial charge is 0.321 e. The molecule has 1 aromatic heterocycles. The van der Waals surface area contributed by atoms with Crippen molar-refractivity contribution in [1.82, 2.24) is 15.2 Å². The van der Waals surface area contributed by atoms with E-state index in [1.165, 1.54) is 11.3 Å². The monoisotopic (exact) mass is 298 g/mol. The first kappa shape index (κ1) is 15.2. The summed E-state index contributed by atoms with van der Waals surface area (Å²) in [7, 11) is 0. The summed E-state index contributed by atoms with van der Waals surface area (Å²) in [5.41, 5.74) is 0. The fourth-order valence-electron chi connectivity index (χ4n) is 2.37. The van der Waals surface area contributed by atoms with Crippen LogP contribution >= 0.6 is 11.3 Å². The molecule has 0 unspecified atom stereocenters. The molecule has 2 rings (SSSR count). The first-order chi connectivity index (χ1) is 9.54. The zero-order chi connectivity index (χ0) is 14.5. The number of thiazole rings is 1. The van der Waals surface area contributed by atoms with Crippen molar-refractivity contribution >= 4 is 22.5 Å². The van der Waals surface area contributed by atoms with E-state index in [4.69, 9.17) is 4.74 Å². The summed E-state index contributed by atoms with van der Waals surface area (Å²) in [6, 6.07) is 0.0759. The summed E-state index contributed by atoms with van der Waals surface area (Å²) < 4.78 is 5.71. The minimum Gasteiger partial charge on any atom is -0.373 e. The quantitative estimate of drug-likeness (QED) is 0.889. The summed E-state index contributed by atoms with van der Waals surface area (Å²) >= 11 is 1.40. The Morgan fingerprint density at radius 2 is 2.25 bits per heavy atom. The van der Waals surface area contributed by atoms with Crippen molar-refractivity contribution in [2.45, 2.75) is 39.0 Å². The van der Waals surface area contributed by atoms with Crippen LogP contribution in [0.25, 0.3) is 0 Å². The minimum atomic E-state index is -0.207.